The summed E-state index contributed by atoms with van der Waals surface area (Å²) in [5.74, 6) is -2.34. The Hall–Kier alpha value is -2.78. The van der Waals surface area contributed by atoms with Crippen molar-refractivity contribution in [2.24, 2.45) is 11.8 Å². The van der Waals surface area contributed by atoms with Crippen LogP contribution in [-0.4, -0.2) is 52.5 Å². The zero-order valence-corrected chi connectivity index (χ0v) is 21.4. The molecule has 0 aliphatic carbocycles. The first-order chi connectivity index (χ1) is 16.9. The Kier molecular flexibility index (Phi) is 10.2. The molecule has 0 spiro atoms. The van der Waals surface area contributed by atoms with Crippen LogP contribution in [0.1, 0.15) is 57.4 Å². The van der Waals surface area contributed by atoms with Crippen LogP contribution in [0, 0.1) is 11.8 Å². The Balaban J connectivity index is 1.76. The van der Waals surface area contributed by atoms with Crippen LogP contribution in [0.25, 0.3) is 11.3 Å². The summed E-state index contributed by atoms with van der Waals surface area (Å²) in [5, 5.41) is 15.9. The van der Waals surface area contributed by atoms with Crippen LogP contribution >= 0.6 is 11.3 Å². The second kappa shape index (κ2) is 13.3. The number of carbonyl (C=O) groups is 3. The molecule has 2 amide bonds. The van der Waals surface area contributed by atoms with Gasteiger partial charge in [0, 0.05) is 30.5 Å². The number of benzene rings is 1. The van der Waals surface area contributed by atoms with Crippen LogP contribution in [0.3, 0.4) is 0 Å². The van der Waals surface area contributed by atoms with Gasteiger partial charge in [0.15, 0.2) is 0 Å². The number of hydrazine groups is 1. The fraction of sp³-hybridized carbons (Fsp3) is 0.538. The summed E-state index contributed by atoms with van der Waals surface area (Å²) in [4.78, 5) is 42.4. The van der Waals surface area contributed by atoms with Gasteiger partial charge >= 0.3 is 5.97 Å². The van der Waals surface area contributed by atoms with Gasteiger partial charge in [-0.25, -0.2) is 10.4 Å². The zero-order valence-electron chi connectivity index (χ0n) is 20.5. The number of rotatable bonds is 12. The Bertz CT molecular complexity index is 964. The van der Waals surface area contributed by atoms with Gasteiger partial charge in [0.2, 0.25) is 11.8 Å². The molecular weight excluding hydrogens is 464 g/mol. The molecule has 1 aliphatic rings. The second-order valence-electron chi connectivity index (χ2n) is 9.11. The highest BCUT2D eigenvalue weighted by atomic mass is 32.1. The molecular formula is C26H36N4O4S. The van der Waals surface area contributed by atoms with Crippen molar-refractivity contribution >= 4 is 29.1 Å². The molecule has 1 saturated heterocycles. The first kappa shape index (κ1) is 26.8. The highest BCUT2D eigenvalue weighted by Gasteiger charge is 2.37. The first-order valence-corrected chi connectivity index (χ1v) is 13.4. The molecule has 9 heteroatoms. The van der Waals surface area contributed by atoms with Crippen molar-refractivity contribution in [1.29, 1.82) is 0 Å². The maximum Gasteiger partial charge on any atom is 0.306 e. The van der Waals surface area contributed by atoms with E-state index >= 15 is 0 Å². The monoisotopic (exact) mass is 500 g/mol. The number of unbranched alkanes of at least 4 members (excludes halogenated alkanes) is 1. The Labute approximate surface area is 211 Å². The van der Waals surface area contributed by atoms with E-state index in [0.29, 0.717) is 32.2 Å². The number of hydrogen-bond donors (Lipinski definition) is 3. The summed E-state index contributed by atoms with van der Waals surface area (Å²) in [6.45, 7) is 2.64. The molecule has 8 nitrogen and oxygen atoms in total. The van der Waals surface area contributed by atoms with Gasteiger partial charge in [0.1, 0.15) is 6.04 Å². The van der Waals surface area contributed by atoms with Crippen LogP contribution in [0.2, 0.25) is 0 Å². The Morgan fingerprint density at radius 2 is 2.00 bits per heavy atom. The van der Waals surface area contributed by atoms with Crippen LogP contribution in [-0.2, 0) is 20.8 Å². The standard InChI is InChI=1S/C26H36N4O4S/c1-3-4-6-21(26(33)34)15-20(25(32)30-23(24(31)27-2)7-5-14-29-30)13-10-18-8-11-19(12-9-18)22-16-35-17-28-22/h8-9,11-12,16-17,20-21,23,29H,3-7,10,13-15H2,1-2H3,(H,27,31)(H,33,34)/t20?,21?,23-/m0/s1. The fourth-order valence-electron chi connectivity index (χ4n) is 4.59. The lowest BCUT2D eigenvalue weighted by Gasteiger charge is -2.37. The number of nitrogens with zero attached hydrogens (tertiary/aromatic N) is 2. The number of nitrogens with one attached hydrogen (secondary N) is 2. The third-order valence-corrected chi connectivity index (χ3v) is 7.26. The molecule has 2 heterocycles. The number of aryl methyl sites for hydroxylation is 1. The number of carboxylic acids is 1. The lowest BCUT2D eigenvalue weighted by Crippen LogP contribution is -2.59. The predicted molar refractivity (Wildman–Crippen MR) is 137 cm³/mol. The molecule has 2 unspecified atom stereocenters. The maximum atomic E-state index is 13.7. The van der Waals surface area contributed by atoms with Crippen molar-refractivity contribution in [2.45, 2.75) is 64.3 Å². The Morgan fingerprint density at radius 3 is 2.63 bits per heavy atom. The molecule has 3 atom stereocenters. The lowest BCUT2D eigenvalue weighted by atomic mass is 9.85. The number of likely N-dealkylation sites (N-methyl/N-ethyl adjacent to an activating group) is 1. The van der Waals surface area contributed by atoms with E-state index < -0.39 is 23.8 Å². The molecule has 2 aromatic rings. The minimum atomic E-state index is -0.863. The molecule has 0 saturated carbocycles. The molecule has 3 N–H and O–H groups in total. The smallest absolute Gasteiger partial charge is 0.306 e. The quantitative estimate of drug-likeness (QED) is 0.408. The van der Waals surface area contributed by atoms with Gasteiger partial charge in [-0.3, -0.25) is 19.4 Å². The van der Waals surface area contributed by atoms with E-state index in [1.807, 2.05) is 36.6 Å². The summed E-state index contributed by atoms with van der Waals surface area (Å²) < 4.78 is 0. The number of aliphatic carboxylic acids is 1. The molecule has 1 aromatic heterocycles. The average Bonchev–Trinajstić information content (AvgIpc) is 3.42. The minimum Gasteiger partial charge on any atom is -0.481 e. The van der Waals surface area contributed by atoms with Gasteiger partial charge in [-0.05, 0) is 44.1 Å². The van der Waals surface area contributed by atoms with E-state index in [1.54, 1.807) is 23.9 Å². The largest absolute Gasteiger partial charge is 0.481 e. The van der Waals surface area contributed by atoms with E-state index in [0.717, 1.165) is 36.1 Å². The summed E-state index contributed by atoms with van der Waals surface area (Å²) in [6.07, 6.45) is 5.07. The van der Waals surface area contributed by atoms with Crippen molar-refractivity contribution in [2.75, 3.05) is 13.6 Å². The number of aromatic nitrogens is 1. The van der Waals surface area contributed by atoms with Crippen LogP contribution in [0.4, 0.5) is 0 Å². The third kappa shape index (κ3) is 7.35. The molecule has 3 rings (SSSR count). The number of amides is 2. The van der Waals surface area contributed by atoms with Crippen LogP contribution < -0.4 is 10.7 Å². The van der Waals surface area contributed by atoms with Crippen molar-refractivity contribution in [1.82, 2.24) is 20.7 Å². The van der Waals surface area contributed by atoms with Gasteiger partial charge < -0.3 is 10.4 Å². The highest BCUT2D eigenvalue weighted by Crippen LogP contribution is 2.27. The van der Waals surface area contributed by atoms with E-state index in [4.69, 9.17) is 0 Å². The lowest BCUT2D eigenvalue weighted by molar-refractivity contribution is -0.151. The number of hydrogen-bond acceptors (Lipinski definition) is 6. The summed E-state index contributed by atoms with van der Waals surface area (Å²) in [6, 6.07) is 7.54. The minimum absolute atomic E-state index is 0.194. The van der Waals surface area contributed by atoms with E-state index in [2.05, 4.69) is 15.7 Å². The summed E-state index contributed by atoms with van der Waals surface area (Å²) in [5.41, 5.74) is 7.96. The second-order valence-corrected chi connectivity index (χ2v) is 9.83. The molecule has 1 fully saturated rings. The topological polar surface area (TPSA) is 112 Å². The average molecular weight is 501 g/mol. The van der Waals surface area contributed by atoms with E-state index in [9.17, 15) is 19.5 Å². The van der Waals surface area contributed by atoms with Crippen molar-refractivity contribution in [3.63, 3.8) is 0 Å². The molecule has 190 valence electrons. The molecule has 0 radical (unpaired) electrons. The van der Waals surface area contributed by atoms with Gasteiger partial charge in [-0.15, -0.1) is 11.3 Å². The third-order valence-electron chi connectivity index (χ3n) is 6.67. The highest BCUT2D eigenvalue weighted by molar-refractivity contribution is 7.07. The summed E-state index contributed by atoms with van der Waals surface area (Å²) in [7, 11) is 1.57. The van der Waals surface area contributed by atoms with Crippen LogP contribution in [0.5, 0.6) is 0 Å². The van der Waals surface area contributed by atoms with Crippen LogP contribution in [0.15, 0.2) is 35.2 Å². The first-order valence-electron chi connectivity index (χ1n) is 12.4. The predicted octanol–water partition coefficient (Wildman–Crippen LogP) is 3.88. The number of carboxylic acid groups (broad SMARTS) is 1. The van der Waals surface area contributed by atoms with E-state index in [1.165, 1.54) is 5.01 Å². The van der Waals surface area contributed by atoms with Gasteiger partial charge in [0.05, 0.1) is 17.1 Å². The molecule has 0 bridgehead atoms. The number of thiazole rings is 1. The van der Waals surface area contributed by atoms with E-state index in [-0.39, 0.29) is 18.2 Å². The van der Waals surface area contributed by atoms with Gasteiger partial charge in [-0.2, -0.15) is 0 Å². The molecule has 1 aliphatic heterocycles. The zero-order chi connectivity index (χ0) is 25.2. The fourth-order valence-corrected chi connectivity index (χ4v) is 5.15. The SMILES string of the molecule is CCCCC(CC(CCc1ccc(-c2cscn2)cc1)C(=O)N1NCCC[C@H]1C(=O)NC)C(=O)O. The normalized spacial score (nSPS) is 17.5. The Morgan fingerprint density at radius 1 is 1.23 bits per heavy atom. The van der Waals surface area contributed by atoms with Crippen molar-refractivity contribution in [3.8, 4) is 11.3 Å². The molecule has 1 aromatic carbocycles. The summed E-state index contributed by atoms with van der Waals surface area (Å²) >= 11 is 1.55. The van der Waals surface area contributed by atoms with Gasteiger partial charge in [-0.1, -0.05) is 44.0 Å². The molecule has 35 heavy (non-hydrogen) atoms. The van der Waals surface area contributed by atoms with Crippen molar-refractivity contribution in [3.05, 3.63) is 40.7 Å². The maximum absolute atomic E-state index is 13.7. The van der Waals surface area contributed by atoms with Gasteiger partial charge in [0.25, 0.3) is 0 Å². The van der Waals surface area contributed by atoms with Crippen molar-refractivity contribution < 1.29 is 19.5 Å². The number of carbonyl (C=O) groups excluding carboxylic acids is 2.